The van der Waals surface area contributed by atoms with Crippen molar-refractivity contribution in [2.24, 2.45) is 0 Å². The number of halogens is 4. The van der Waals surface area contributed by atoms with Gasteiger partial charge in [0.15, 0.2) is 5.69 Å². The van der Waals surface area contributed by atoms with Crippen molar-refractivity contribution in [3.05, 3.63) is 51.2 Å². The number of hydrogen-bond donors (Lipinski definition) is 1. The summed E-state index contributed by atoms with van der Waals surface area (Å²) in [5.74, 6) is -1.15. The van der Waals surface area contributed by atoms with Gasteiger partial charge in [0.2, 0.25) is 5.75 Å². The number of rotatable bonds is 2. The predicted molar refractivity (Wildman–Crippen MR) is 66.1 cm³/mol. The molecule has 0 saturated heterocycles. The summed E-state index contributed by atoms with van der Waals surface area (Å²) in [6.07, 6.45) is -4.81. The topological polar surface area (TPSA) is 55.0 Å². The lowest BCUT2D eigenvalue weighted by Crippen LogP contribution is -2.20. The molecule has 2 rings (SSSR count). The Morgan fingerprint density at radius 3 is 2.55 bits per heavy atom. The number of nitrogens with zero attached hydrogens (tertiary/aromatic N) is 1. The van der Waals surface area contributed by atoms with Gasteiger partial charge in [-0.3, -0.25) is 4.79 Å². The largest absolute Gasteiger partial charge is 0.448 e. The highest BCUT2D eigenvalue weighted by atomic mass is 35.5. The van der Waals surface area contributed by atoms with Gasteiger partial charge in [0.25, 0.3) is 5.56 Å². The Morgan fingerprint density at radius 1 is 1.30 bits per heavy atom. The van der Waals surface area contributed by atoms with Gasteiger partial charge >= 0.3 is 6.18 Å². The fraction of sp³-hybridized carbons (Fsp3) is 0.167. The lowest BCUT2D eigenvalue weighted by Gasteiger charge is -2.13. The predicted octanol–water partition coefficient (Wildman–Crippen LogP) is 3.54. The van der Waals surface area contributed by atoms with Crippen LogP contribution in [0.25, 0.3) is 0 Å². The van der Waals surface area contributed by atoms with E-state index in [1.807, 2.05) is 0 Å². The van der Waals surface area contributed by atoms with E-state index < -0.39 is 23.2 Å². The minimum atomic E-state index is -4.81. The molecule has 0 spiro atoms. The van der Waals surface area contributed by atoms with Crippen LogP contribution in [0.3, 0.4) is 0 Å². The Balaban J connectivity index is 2.57. The second kappa shape index (κ2) is 5.16. The average Bonchev–Trinajstić information content (AvgIpc) is 2.33. The van der Waals surface area contributed by atoms with Crippen LogP contribution in [0.2, 0.25) is 5.02 Å². The number of para-hydroxylation sites is 1. The third-order valence-corrected chi connectivity index (χ3v) is 2.62. The summed E-state index contributed by atoms with van der Waals surface area (Å²) in [7, 11) is 0. The third kappa shape index (κ3) is 2.93. The van der Waals surface area contributed by atoms with Crippen LogP contribution in [0, 0.1) is 6.92 Å². The number of aromatic nitrogens is 2. The molecule has 0 bridgehead atoms. The van der Waals surface area contributed by atoms with Crippen LogP contribution in [0.5, 0.6) is 11.5 Å². The van der Waals surface area contributed by atoms with E-state index in [1.54, 1.807) is 6.07 Å². The highest BCUT2D eigenvalue weighted by molar-refractivity contribution is 6.32. The number of alkyl halides is 3. The van der Waals surface area contributed by atoms with E-state index in [0.29, 0.717) is 0 Å². The van der Waals surface area contributed by atoms with Gasteiger partial charge in [-0.15, -0.1) is 0 Å². The second-order valence-corrected chi connectivity index (χ2v) is 4.27. The first-order chi connectivity index (χ1) is 9.29. The third-order valence-electron chi connectivity index (χ3n) is 2.31. The molecule has 0 saturated carbocycles. The van der Waals surface area contributed by atoms with Crippen LogP contribution >= 0.6 is 11.6 Å². The van der Waals surface area contributed by atoms with Gasteiger partial charge in [0.1, 0.15) is 11.6 Å². The van der Waals surface area contributed by atoms with Gasteiger partial charge in [0, 0.05) is 0 Å². The quantitative estimate of drug-likeness (QED) is 0.923. The lowest BCUT2D eigenvalue weighted by molar-refractivity contribution is -0.142. The van der Waals surface area contributed by atoms with Crippen molar-refractivity contribution in [3.8, 4) is 11.5 Å². The maximum atomic E-state index is 12.9. The first kappa shape index (κ1) is 14.4. The van der Waals surface area contributed by atoms with E-state index in [0.717, 1.165) is 0 Å². The van der Waals surface area contributed by atoms with Gasteiger partial charge in [-0.05, 0) is 19.1 Å². The number of aromatic amines is 1. The molecule has 0 fully saturated rings. The van der Waals surface area contributed by atoms with Gasteiger partial charge in [-0.25, -0.2) is 4.98 Å². The fourth-order valence-corrected chi connectivity index (χ4v) is 1.67. The van der Waals surface area contributed by atoms with Crippen LogP contribution in [-0.4, -0.2) is 9.97 Å². The van der Waals surface area contributed by atoms with E-state index in [1.165, 1.54) is 25.1 Å². The summed E-state index contributed by atoms with van der Waals surface area (Å²) in [4.78, 5) is 17.1. The summed E-state index contributed by atoms with van der Waals surface area (Å²) >= 11 is 5.79. The normalized spacial score (nSPS) is 11.4. The minimum absolute atomic E-state index is 0.0594. The van der Waals surface area contributed by atoms with Gasteiger partial charge in [0.05, 0.1) is 5.02 Å². The van der Waals surface area contributed by atoms with Gasteiger partial charge in [-0.2, -0.15) is 13.2 Å². The summed E-state index contributed by atoms with van der Waals surface area (Å²) in [5.41, 5.74) is -2.41. The molecule has 2 aromatic rings. The van der Waals surface area contributed by atoms with E-state index in [9.17, 15) is 18.0 Å². The lowest BCUT2D eigenvalue weighted by atomic mass is 10.3. The molecule has 1 heterocycles. The van der Waals surface area contributed by atoms with Crippen molar-refractivity contribution in [2.45, 2.75) is 13.1 Å². The smallest absolute Gasteiger partial charge is 0.437 e. The van der Waals surface area contributed by atoms with E-state index in [2.05, 4.69) is 9.97 Å². The second-order valence-electron chi connectivity index (χ2n) is 3.86. The summed E-state index contributed by atoms with van der Waals surface area (Å²) in [6, 6.07) is 5.88. The number of benzene rings is 1. The molecule has 1 N–H and O–H groups in total. The van der Waals surface area contributed by atoms with Crippen molar-refractivity contribution >= 4 is 11.6 Å². The summed E-state index contributed by atoms with van der Waals surface area (Å²) in [6.45, 7) is 1.25. The Bertz CT molecular complexity index is 698. The molecule has 0 radical (unpaired) electrons. The standard InChI is InChI=1S/C12H8ClF3N2O2/c1-6-17-10(12(14,15)16)9(11(19)18-6)20-8-5-3-2-4-7(8)13/h2-5H,1H3,(H,17,18,19). The fourth-order valence-electron chi connectivity index (χ4n) is 1.50. The van der Waals surface area contributed by atoms with E-state index in [-0.39, 0.29) is 16.6 Å². The summed E-state index contributed by atoms with van der Waals surface area (Å²) < 4.78 is 43.6. The molecular formula is C12H8ClF3N2O2. The zero-order valence-electron chi connectivity index (χ0n) is 10.1. The molecule has 0 aliphatic carbocycles. The van der Waals surface area contributed by atoms with Gasteiger partial charge in [-0.1, -0.05) is 23.7 Å². The molecule has 8 heteroatoms. The van der Waals surface area contributed by atoms with Crippen LogP contribution in [0.1, 0.15) is 11.5 Å². The molecule has 0 amide bonds. The minimum Gasteiger partial charge on any atom is -0.448 e. The van der Waals surface area contributed by atoms with E-state index >= 15 is 0 Å². The van der Waals surface area contributed by atoms with Crippen molar-refractivity contribution in [3.63, 3.8) is 0 Å². The highest BCUT2D eigenvalue weighted by Crippen LogP contribution is 2.36. The number of nitrogens with one attached hydrogen (secondary N) is 1. The molecule has 1 aromatic heterocycles. The SMILES string of the molecule is Cc1nc(C(F)(F)F)c(Oc2ccccc2Cl)c(=O)[nH]1. The Labute approximate surface area is 116 Å². The Morgan fingerprint density at radius 2 is 1.95 bits per heavy atom. The van der Waals surface area contributed by atoms with Crippen LogP contribution in [-0.2, 0) is 6.18 Å². The maximum absolute atomic E-state index is 12.9. The van der Waals surface area contributed by atoms with Crippen LogP contribution < -0.4 is 10.3 Å². The highest BCUT2D eigenvalue weighted by Gasteiger charge is 2.38. The van der Waals surface area contributed by atoms with Gasteiger partial charge < -0.3 is 9.72 Å². The molecule has 20 heavy (non-hydrogen) atoms. The number of ether oxygens (including phenoxy) is 1. The Kier molecular flexibility index (Phi) is 3.71. The first-order valence-electron chi connectivity index (χ1n) is 5.39. The van der Waals surface area contributed by atoms with Crippen molar-refractivity contribution in [1.82, 2.24) is 9.97 Å². The zero-order valence-corrected chi connectivity index (χ0v) is 10.8. The van der Waals surface area contributed by atoms with Crippen LogP contribution in [0.4, 0.5) is 13.2 Å². The van der Waals surface area contributed by atoms with Crippen LogP contribution in [0.15, 0.2) is 29.1 Å². The van der Waals surface area contributed by atoms with Crippen molar-refractivity contribution < 1.29 is 17.9 Å². The van der Waals surface area contributed by atoms with Crippen molar-refractivity contribution in [1.29, 1.82) is 0 Å². The zero-order chi connectivity index (χ0) is 14.9. The number of H-pyrrole nitrogens is 1. The molecule has 1 aromatic carbocycles. The molecule has 0 aliphatic rings. The molecular weight excluding hydrogens is 297 g/mol. The molecule has 0 unspecified atom stereocenters. The first-order valence-corrected chi connectivity index (χ1v) is 5.77. The Hall–Kier alpha value is -2.02. The monoisotopic (exact) mass is 304 g/mol. The summed E-state index contributed by atoms with van der Waals surface area (Å²) in [5, 5.41) is 0.0839. The molecule has 106 valence electrons. The van der Waals surface area contributed by atoms with E-state index in [4.69, 9.17) is 16.3 Å². The number of aryl methyl sites for hydroxylation is 1. The molecule has 4 nitrogen and oxygen atoms in total. The number of hydrogen-bond acceptors (Lipinski definition) is 3. The average molecular weight is 305 g/mol. The van der Waals surface area contributed by atoms with Crippen molar-refractivity contribution in [2.75, 3.05) is 0 Å². The maximum Gasteiger partial charge on any atom is 0.437 e. The molecule has 0 aliphatic heterocycles. The molecule has 0 atom stereocenters.